The highest BCUT2D eigenvalue weighted by Crippen LogP contribution is 2.11. The summed E-state index contributed by atoms with van der Waals surface area (Å²) in [6.45, 7) is 3.60. The third-order valence-corrected chi connectivity index (χ3v) is 2.69. The number of benzene rings is 1. The Morgan fingerprint density at radius 2 is 1.55 bits per heavy atom. The molecule has 1 rings (SSSR count). The van der Waals surface area contributed by atoms with Crippen LogP contribution in [0, 0.1) is 13.8 Å². The Morgan fingerprint density at radius 1 is 1.09 bits per heavy atom. The second kappa shape index (κ2) is 3.02. The van der Waals surface area contributed by atoms with E-state index in [1.807, 2.05) is 6.07 Å². The van der Waals surface area contributed by atoms with Gasteiger partial charge in [-0.3, -0.25) is 0 Å². The maximum atomic E-state index is 10.7. The monoisotopic (exact) mass is 168 g/mol. The van der Waals surface area contributed by atoms with E-state index in [-0.39, 0.29) is 0 Å². The molecule has 0 heterocycles. The lowest BCUT2D eigenvalue weighted by Gasteiger charge is -1.98. The van der Waals surface area contributed by atoms with E-state index in [0.29, 0.717) is 5.30 Å². The van der Waals surface area contributed by atoms with Gasteiger partial charge in [-0.15, -0.1) is 0 Å². The van der Waals surface area contributed by atoms with Crippen molar-refractivity contribution in [2.75, 3.05) is 0 Å². The summed E-state index contributed by atoms with van der Waals surface area (Å²) in [5.41, 5.74) is 1.64. The second-order valence-corrected chi connectivity index (χ2v) is 3.46. The molecule has 0 saturated carbocycles. The summed E-state index contributed by atoms with van der Waals surface area (Å²) in [6.07, 6.45) is 0. The van der Waals surface area contributed by atoms with Crippen molar-refractivity contribution in [2.24, 2.45) is 0 Å². The van der Waals surface area contributed by atoms with Crippen LogP contribution in [0.5, 0.6) is 0 Å². The standard InChI is InChI=1S/C8H9O2P/c1-6-4-3-5-7(2)8(6)11(9)10/h3-5H,1-2H3. The molecule has 0 amide bonds. The minimum atomic E-state index is -2.44. The van der Waals surface area contributed by atoms with Crippen LogP contribution >= 0.6 is 7.68 Å². The average Bonchev–Trinajstić information content (AvgIpc) is 1.85. The summed E-state index contributed by atoms with van der Waals surface area (Å²) in [7, 11) is -2.44. The van der Waals surface area contributed by atoms with Gasteiger partial charge in [0.05, 0.1) is 5.30 Å². The Balaban J connectivity index is 3.44. The summed E-state index contributed by atoms with van der Waals surface area (Å²) in [4.78, 5) is 0. The minimum absolute atomic E-state index is 0.461. The zero-order valence-electron chi connectivity index (χ0n) is 6.50. The van der Waals surface area contributed by atoms with E-state index in [9.17, 15) is 9.13 Å². The predicted molar refractivity (Wildman–Crippen MR) is 43.8 cm³/mol. The smallest absolute Gasteiger partial charge is 0.232 e. The van der Waals surface area contributed by atoms with Crippen molar-refractivity contribution >= 4 is 13.0 Å². The highest BCUT2D eigenvalue weighted by atomic mass is 31.1. The van der Waals surface area contributed by atoms with Crippen LogP contribution in [0.1, 0.15) is 11.1 Å². The van der Waals surface area contributed by atoms with Gasteiger partial charge in [-0.1, -0.05) is 18.2 Å². The van der Waals surface area contributed by atoms with Gasteiger partial charge in [0.15, 0.2) is 0 Å². The summed E-state index contributed by atoms with van der Waals surface area (Å²) < 4.78 is 21.4. The summed E-state index contributed by atoms with van der Waals surface area (Å²) in [5.74, 6) is 0. The van der Waals surface area contributed by atoms with Crippen molar-refractivity contribution in [2.45, 2.75) is 13.8 Å². The molecule has 0 N–H and O–H groups in total. The molecule has 0 aromatic heterocycles. The molecule has 0 bridgehead atoms. The van der Waals surface area contributed by atoms with Crippen molar-refractivity contribution in [3.05, 3.63) is 29.3 Å². The Kier molecular flexibility index (Phi) is 2.25. The fourth-order valence-corrected chi connectivity index (χ4v) is 1.82. The molecule has 0 aliphatic rings. The highest BCUT2D eigenvalue weighted by Gasteiger charge is 2.05. The fraction of sp³-hybridized carbons (Fsp3) is 0.250. The minimum Gasteiger partial charge on any atom is -0.232 e. The third-order valence-electron chi connectivity index (χ3n) is 1.62. The van der Waals surface area contributed by atoms with E-state index in [1.54, 1.807) is 26.0 Å². The first-order valence-corrected chi connectivity index (χ1v) is 4.51. The van der Waals surface area contributed by atoms with Gasteiger partial charge in [0.1, 0.15) is 0 Å². The van der Waals surface area contributed by atoms with Crippen LogP contribution in [0.4, 0.5) is 0 Å². The van der Waals surface area contributed by atoms with E-state index >= 15 is 0 Å². The van der Waals surface area contributed by atoms with Crippen molar-refractivity contribution < 1.29 is 9.13 Å². The van der Waals surface area contributed by atoms with Gasteiger partial charge in [0.2, 0.25) is 0 Å². The first-order valence-electron chi connectivity index (χ1n) is 3.33. The fourth-order valence-electron chi connectivity index (χ4n) is 1.09. The van der Waals surface area contributed by atoms with Crippen molar-refractivity contribution in [1.82, 2.24) is 0 Å². The quantitative estimate of drug-likeness (QED) is 0.601. The molecule has 0 saturated heterocycles. The van der Waals surface area contributed by atoms with E-state index in [1.165, 1.54) is 0 Å². The summed E-state index contributed by atoms with van der Waals surface area (Å²) in [6, 6.07) is 5.45. The van der Waals surface area contributed by atoms with Crippen LogP contribution < -0.4 is 5.30 Å². The van der Waals surface area contributed by atoms with Gasteiger partial charge in [0.25, 0.3) is 0 Å². The lowest BCUT2D eigenvalue weighted by atomic mass is 10.2. The molecule has 2 nitrogen and oxygen atoms in total. The molecule has 0 spiro atoms. The largest absolute Gasteiger partial charge is 0.349 e. The zero-order valence-corrected chi connectivity index (χ0v) is 7.39. The van der Waals surface area contributed by atoms with E-state index < -0.39 is 7.68 Å². The molecular formula is C8H9O2P. The van der Waals surface area contributed by atoms with E-state index in [2.05, 4.69) is 0 Å². The summed E-state index contributed by atoms with van der Waals surface area (Å²) in [5, 5.41) is 0.461. The van der Waals surface area contributed by atoms with E-state index in [0.717, 1.165) is 11.1 Å². The lowest BCUT2D eigenvalue weighted by molar-refractivity contribution is 0.522. The molecule has 0 aliphatic heterocycles. The topological polar surface area (TPSA) is 34.1 Å². The Labute approximate surface area is 66.1 Å². The Bertz CT molecular complexity index is 312. The SMILES string of the molecule is Cc1cccc(C)c1P(=O)=O. The normalized spacial score (nSPS) is 9.64. The summed E-state index contributed by atoms with van der Waals surface area (Å²) >= 11 is 0. The molecule has 1 aromatic rings. The van der Waals surface area contributed by atoms with Crippen molar-refractivity contribution in [3.63, 3.8) is 0 Å². The molecule has 1 aromatic carbocycles. The van der Waals surface area contributed by atoms with Crippen LogP contribution in [0.25, 0.3) is 0 Å². The van der Waals surface area contributed by atoms with Crippen molar-refractivity contribution in [1.29, 1.82) is 0 Å². The van der Waals surface area contributed by atoms with Gasteiger partial charge in [0, 0.05) is 0 Å². The first-order chi connectivity index (χ1) is 5.13. The molecular weight excluding hydrogens is 159 g/mol. The zero-order chi connectivity index (χ0) is 8.43. The number of rotatable bonds is 1. The van der Waals surface area contributed by atoms with Crippen LogP contribution in [0.3, 0.4) is 0 Å². The average molecular weight is 168 g/mol. The number of hydrogen-bond donors (Lipinski definition) is 0. The van der Waals surface area contributed by atoms with Gasteiger partial charge in [-0.2, -0.15) is 0 Å². The third kappa shape index (κ3) is 1.58. The maximum absolute atomic E-state index is 10.7. The highest BCUT2D eigenvalue weighted by molar-refractivity contribution is 7.40. The second-order valence-electron chi connectivity index (χ2n) is 2.50. The van der Waals surface area contributed by atoms with Crippen LogP contribution in [0.15, 0.2) is 18.2 Å². The molecule has 0 atom stereocenters. The number of hydrogen-bond acceptors (Lipinski definition) is 2. The number of aryl methyl sites for hydroxylation is 2. The molecule has 0 aliphatic carbocycles. The van der Waals surface area contributed by atoms with Gasteiger partial charge >= 0.3 is 7.68 Å². The molecule has 58 valence electrons. The van der Waals surface area contributed by atoms with Crippen LogP contribution in [-0.4, -0.2) is 0 Å². The van der Waals surface area contributed by atoms with Gasteiger partial charge < -0.3 is 0 Å². The predicted octanol–water partition coefficient (Wildman–Crippen LogP) is 2.10. The molecule has 3 heteroatoms. The Morgan fingerprint density at radius 3 is 1.82 bits per heavy atom. The lowest BCUT2D eigenvalue weighted by Crippen LogP contribution is -2.02. The van der Waals surface area contributed by atoms with Crippen molar-refractivity contribution in [3.8, 4) is 0 Å². The molecule has 0 fully saturated rings. The van der Waals surface area contributed by atoms with Crippen LogP contribution in [-0.2, 0) is 9.13 Å². The first kappa shape index (κ1) is 8.22. The molecule has 0 unspecified atom stereocenters. The van der Waals surface area contributed by atoms with E-state index in [4.69, 9.17) is 0 Å². The van der Waals surface area contributed by atoms with Gasteiger partial charge in [-0.05, 0) is 25.0 Å². The van der Waals surface area contributed by atoms with Crippen LogP contribution in [0.2, 0.25) is 0 Å². The molecule has 11 heavy (non-hydrogen) atoms. The maximum Gasteiger partial charge on any atom is 0.349 e. The Hall–Kier alpha value is -0.880. The van der Waals surface area contributed by atoms with Gasteiger partial charge in [-0.25, -0.2) is 9.13 Å². The molecule has 0 radical (unpaired) electrons.